The van der Waals surface area contributed by atoms with E-state index in [2.05, 4.69) is 22.2 Å². The molecular weight excluding hydrogens is 425 g/mol. The summed E-state index contributed by atoms with van der Waals surface area (Å²) in [6.07, 6.45) is 7.88. The fourth-order valence-electron chi connectivity index (χ4n) is 4.15. The SMILES string of the molecule is C=CCNC(=NCC1CCS(=O)(=O)C1)NC1CC2CCC1C2.I. The summed E-state index contributed by atoms with van der Waals surface area (Å²) in [5.74, 6) is 3.28. The van der Waals surface area contributed by atoms with Crippen LogP contribution >= 0.6 is 24.0 Å². The Morgan fingerprint density at radius 1 is 1.26 bits per heavy atom. The van der Waals surface area contributed by atoms with Crippen molar-refractivity contribution in [2.75, 3.05) is 24.6 Å². The van der Waals surface area contributed by atoms with Gasteiger partial charge in [-0.25, -0.2) is 8.42 Å². The van der Waals surface area contributed by atoms with Crippen LogP contribution in [-0.4, -0.2) is 45.0 Å². The van der Waals surface area contributed by atoms with Crippen molar-refractivity contribution in [1.82, 2.24) is 10.6 Å². The van der Waals surface area contributed by atoms with Gasteiger partial charge in [-0.15, -0.1) is 30.6 Å². The molecule has 5 nitrogen and oxygen atoms in total. The van der Waals surface area contributed by atoms with Gasteiger partial charge in [0.2, 0.25) is 0 Å². The molecule has 3 aliphatic rings. The Kier molecular flexibility index (Phi) is 6.77. The highest BCUT2D eigenvalue weighted by molar-refractivity contribution is 14.0. The summed E-state index contributed by atoms with van der Waals surface area (Å²) in [7, 11) is -2.82. The van der Waals surface area contributed by atoms with Crippen LogP contribution < -0.4 is 10.6 Å². The Morgan fingerprint density at radius 3 is 2.65 bits per heavy atom. The van der Waals surface area contributed by atoms with E-state index in [-0.39, 0.29) is 29.9 Å². The van der Waals surface area contributed by atoms with Crippen LogP contribution in [0.4, 0.5) is 0 Å². The fourth-order valence-corrected chi connectivity index (χ4v) is 6.00. The largest absolute Gasteiger partial charge is 0.353 e. The Bertz CT molecular complexity index is 550. The summed E-state index contributed by atoms with van der Waals surface area (Å²) in [4.78, 5) is 4.64. The quantitative estimate of drug-likeness (QED) is 0.289. The molecule has 1 heterocycles. The van der Waals surface area contributed by atoms with E-state index in [1.54, 1.807) is 0 Å². The van der Waals surface area contributed by atoms with Crippen LogP contribution in [0.1, 0.15) is 32.1 Å². The molecule has 0 amide bonds. The molecule has 0 aromatic rings. The van der Waals surface area contributed by atoms with E-state index in [1.165, 1.54) is 25.7 Å². The smallest absolute Gasteiger partial charge is 0.191 e. The first-order valence-electron chi connectivity index (χ1n) is 8.42. The second kappa shape index (κ2) is 8.18. The minimum atomic E-state index is -2.82. The van der Waals surface area contributed by atoms with Gasteiger partial charge in [0.05, 0.1) is 11.5 Å². The predicted octanol–water partition coefficient (Wildman–Crippen LogP) is 1.95. The molecule has 0 aromatic carbocycles. The molecule has 2 aliphatic carbocycles. The molecule has 132 valence electrons. The minimum absolute atomic E-state index is 0. The highest BCUT2D eigenvalue weighted by Crippen LogP contribution is 2.44. The van der Waals surface area contributed by atoms with Gasteiger partial charge in [-0.3, -0.25) is 4.99 Å². The van der Waals surface area contributed by atoms with Crippen molar-refractivity contribution in [3.8, 4) is 0 Å². The number of nitrogens with zero attached hydrogens (tertiary/aromatic N) is 1. The number of sulfone groups is 1. The van der Waals surface area contributed by atoms with Crippen molar-refractivity contribution in [3.05, 3.63) is 12.7 Å². The average molecular weight is 453 g/mol. The standard InChI is InChI=1S/C16H27N3O2S.HI/c1-2-6-17-16(18-10-13-5-7-22(20,21)11-13)19-15-9-12-3-4-14(15)8-12;/h2,12-15H,1,3-11H2,(H2,17,18,19);1H. The summed E-state index contributed by atoms with van der Waals surface area (Å²) >= 11 is 0. The molecule has 3 fully saturated rings. The van der Waals surface area contributed by atoms with Crippen molar-refractivity contribution in [2.24, 2.45) is 22.7 Å². The Hall–Kier alpha value is -0.310. The molecule has 1 aliphatic heterocycles. The van der Waals surface area contributed by atoms with E-state index in [1.807, 2.05) is 6.08 Å². The van der Waals surface area contributed by atoms with Crippen LogP contribution in [-0.2, 0) is 9.84 Å². The highest BCUT2D eigenvalue weighted by Gasteiger charge is 2.39. The monoisotopic (exact) mass is 453 g/mol. The summed E-state index contributed by atoms with van der Waals surface area (Å²) in [5.41, 5.74) is 0. The molecule has 2 N–H and O–H groups in total. The van der Waals surface area contributed by atoms with Gasteiger partial charge in [-0.05, 0) is 43.4 Å². The van der Waals surface area contributed by atoms with Gasteiger partial charge >= 0.3 is 0 Å². The molecule has 0 aromatic heterocycles. The van der Waals surface area contributed by atoms with E-state index < -0.39 is 9.84 Å². The third-order valence-electron chi connectivity index (χ3n) is 5.31. The van der Waals surface area contributed by atoms with Crippen LogP contribution in [0.15, 0.2) is 17.6 Å². The molecule has 4 unspecified atom stereocenters. The number of aliphatic imine (C=N–C) groups is 1. The van der Waals surface area contributed by atoms with Crippen molar-refractivity contribution >= 4 is 39.8 Å². The maximum absolute atomic E-state index is 11.5. The molecule has 4 atom stereocenters. The number of rotatable bonds is 5. The second-order valence-corrected chi connectivity index (χ2v) is 9.28. The first-order chi connectivity index (χ1) is 10.6. The second-order valence-electron chi connectivity index (χ2n) is 7.05. The lowest BCUT2D eigenvalue weighted by Crippen LogP contribution is -2.46. The molecule has 0 radical (unpaired) electrons. The zero-order valence-electron chi connectivity index (χ0n) is 13.5. The molecule has 2 saturated carbocycles. The van der Waals surface area contributed by atoms with Crippen molar-refractivity contribution < 1.29 is 8.42 Å². The van der Waals surface area contributed by atoms with Crippen LogP contribution in [0.2, 0.25) is 0 Å². The van der Waals surface area contributed by atoms with Crippen molar-refractivity contribution in [3.63, 3.8) is 0 Å². The number of hydrogen-bond donors (Lipinski definition) is 2. The zero-order chi connectivity index (χ0) is 15.6. The molecule has 2 bridgehead atoms. The molecule has 1 saturated heterocycles. The first-order valence-corrected chi connectivity index (χ1v) is 10.2. The van der Waals surface area contributed by atoms with Crippen molar-refractivity contribution in [1.29, 1.82) is 0 Å². The number of nitrogens with one attached hydrogen (secondary N) is 2. The Morgan fingerprint density at radius 2 is 2.09 bits per heavy atom. The topological polar surface area (TPSA) is 70.6 Å². The number of guanidine groups is 1. The number of hydrogen-bond acceptors (Lipinski definition) is 3. The molecule has 23 heavy (non-hydrogen) atoms. The number of halogens is 1. The van der Waals surface area contributed by atoms with Crippen molar-refractivity contribution in [2.45, 2.75) is 38.1 Å². The van der Waals surface area contributed by atoms with E-state index in [0.717, 1.165) is 24.2 Å². The maximum atomic E-state index is 11.5. The summed E-state index contributed by atoms with van der Waals surface area (Å²) in [6, 6.07) is 0.530. The van der Waals surface area contributed by atoms with Gasteiger partial charge in [-0.1, -0.05) is 12.5 Å². The minimum Gasteiger partial charge on any atom is -0.353 e. The van der Waals surface area contributed by atoms with Gasteiger partial charge in [0.1, 0.15) is 0 Å². The summed E-state index contributed by atoms with van der Waals surface area (Å²) < 4.78 is 23.1. The lowest BCUT2D eigenvalue weighted by atomic mass is 9.95. The lowest BCUT2D eigenvalue weighted by molar-refractivity contribution is 0.387. The van der Waals surface area contributed by atoms with Gasteiger partial charge < -0.3 is 10.6 Å². The Balaban J connectivity index is 0.00000192. The molecular formula is C16H28IN3O2S. The van der Waals surface area contributed by atoms with Gasteiger partial charge in [0, 0.05) is 19.1 Å². The average Bonchev–Trinajstić information content (AvgIpc) is 3.17. The van der Waals surface area contributed by atoms with Crippen LogP contribution in [0.5, 0.6) is 0 Å². The first kappa shape index (κ1) is 19.0. The Labute approximate surface area is 156 Å². The van der Waals surface area contributed by atoms with Crippen LogP contribution in [0, 0.1) is 17.8 Å². The van der Waals surface area contributed by atoms with E-state index in [0.29, 0.717) is 30.6 Å². The number of fused-ring (bicyclic) bond motifs is 2. The third kappa shape index (κ3) is 5.08. The third-order valence-corrected chi connectivity index (χ3v) is 7.15. The molecule has 0 spiro atoms. The summed E-state index contributed by atoms with van der Waals surface area (Å²) in [5, 5.41) is 6.84. The maximum Gasteiger partial charge on any atom is 0.191 e. The van der Waals surface area contributed by atoms with Gasteiger partial charge in [0.25, 0.3) is 0 Å². The summed E-state index contributed by atoms with van der Waals surface area (Å²) in [6.45, 7) is 5.00. The predicted molar refractivity (Wildman–Crippen MR) is 105 cm³/mol. The highest BCUT2D eigenvalue weighted by atomic mass is 127. The zero-order valence-corrected chi connectivity index (χ0v) is 16.7. The van der Waals surface area contributed by atoms with Crippen LogP contribution in [0.3, 0.4) is 0 Å². The van der Waals surface area contributed by atoms with Gasteiger partial charge in [-0.2, -0.15) is 0 Å². The van der Waals surface area contributed by atoms with E-state index in [9.17, 15) is 8.42 Å². The van der Waals surface area contributed by atoms with E-state index in [4.69, 9.17) is 0 Å². The lowest BCUT2D eigenvalue weighted by Gasteiger charge is -2.25. The van der Waals surface area contributed by atoms with Gasteiger partial charge in [0.15, 0.2) is 15.8 Å². The molecule has 7 heteroatoms. The fraction of sp³-hybridized carbons (Fsp3) is 0.812. The van der Waals surface area contributed by atoms with Crippen LogP contribution in [0.25, 0.3) is 0 Å². The molecule has 3 rings (SSSR count). The van der Waals surface area contributed by atoms with E-state index >= 15 is 0 Å². The normalized spacial score (nSPS) is 34.9.